The lowest BCUT2D eigenvalue weighted by molar-refractivity contribution is 0.804. The molecule has 2 nitrogen and oxygen atoms in total. The highest BCUT2D eigenvalue weighted by Gasteiger charge is 2.09. The zero-order chi connectivity index (χ0) is 14.0. The van der Waals surface area contributed by atoms with Gasteiger partial charge in [0, 0.05) is 26.9 Å². The van der Waals surface area contributed by atoms with Gasteiger partial charge in [0.2, 0.25) is 0 Å². The van der Waals surface area contributed by atoms with Gasteiger partial charge in [0.05, 0.1) is 5.52 Å². The molecule has 0 unspecified atom stereocenters. The summed E-state index contributed by atoms with van der Waals surface area (Å²) in [7, 11) is 0. The van der Waals surface area contributed by atoms with Gasteiger partial charge in [0.1, 0.15) is 5.15 Å². The van der Waals surface area contributed by atoms with Gasteiger partial charge in [0.15, 0.2) is 0 Å². The number of fused-ring (bicyclic) bond motifs is 1. The SMILES string of the molecule is CC(C)(C)S/N=C/c1cc2cc(Cl)ccc2nc1Cl. The molecule has 0 aliphatic heterocycles. The maximum Gasteiger partial charge on any atom is 0.138 e. The van der Waals surface area contributed by atoms with E-state index < -0.39 is 0 Å². The lowest BCUT2D eigenvalue weighted by atomic mass is 10.2. The van der Waals surface area contributed by atoms with E-state index in [1.165, 1.54) is 11.9 Å². The predicted molar refractivity (Wildman–Crippen MR) is 86.7 cm³/mol. The highest BCUT2D eigenvalue weighted by molar-refractivity contribution is 7.99. The third-order valence-electron chi connectivity index (χ3n) is 2.28. The Morgan fingerprint density at radius 3 is 2.63 bits per heavy atom. The van der Waals surface area contributed by atoms with Gasteiger partial charge in [-0.2, -0.15) is 0 Å². The lowest BCUT2D eigenvalue weighted by Crippen LogP contribution is -2.05. The average molecular weight is 313 g/mol. The first-order chi connectivity index (χ1) is 8.85. The smallest absolute Gasteiger partial charge is 0.138 e. The summed E-state index contributed by atoms with van der Waals surface area (Å²) in [5.41, 5.74) is 1.63. The molecule has 2 aromatic rings. The molecule has 0 amide bonds. The summed E-state index contributed by atoms with van der Waals surface area (Å²) in [6.45, 7) is 6.32. The molecule has 5 heteroatoms. The van der Waals surface area contributed by atoms with Crippen LogP contribution in [0.5, 0.6) is 0 Å². The first-order valence-corrected chi connectivity index (χ1v) is 7.35. The quantitative estimate of drug-likeness (QED) is 0.421. The third-order valence-corrected chi connectivity index (χ3v) is 3.57. The van der Waals surface area contributed by atoms with Crippen LogP contribution in [0, 0.1) is 0 Å². The van der Waals surface area contributed by atoms with Gasteiger partial charge in [-0.1, -0.05) is 23.2 Å². The Labute approximate surface area is 127 Å². The third kappa shape index (κ3) is 4.10. The van der Waals surface area contributed by atoms with Crippen molar-refractivity contribution in [3.05, 3.63) is 40.0 Å². The topological polar surface area (TPSA) is 25.2 Å². The van der Waals surface area contributed by atoms with Crippen molar-refractivity contribution in [3.63, 3.8) is 0 Å². The second kappa shape index (κ2) is 5.70. The van der Waals surface area contributed by atoms with Gasteiger partial charge < -0.3 is 0 Å². The number of benzene rings is 1. The highest BCUT2D eigenvalue weighted by Crippen LogP contribution is 2.26. The molecular weight excluding hydrogens is 299 g/mol. The van der Waals surface area contributed by atoms with Crippen molar-refractivity contribution < 1.29 is 0 Å². The van der Waals surface area contributed by atoms with Crippen molar-refractivity contribution in [3.8, 4) is 0 Å². The van der Waals surface area contributed by atoms with E-state index in [1.54, 1.807) is 12.3 Å². The minimum absolute atomic E-state index is 0.0799. The Balaban J connectivity index is 2.35. The second-order valence-corrected chi connectivity index (χ2v) is 7.56. The molecule has 2 rings (SSSR count). The maximum atomic E-state index is 6.15. The zero-order valence-corrected chi connectivity index (χ0v) is 13.3. The molecule has 1 heterocycles. The van der Waals surface area contributed by atoms with Crippen LogP contribution in [0.2, 0.25) is 10.2 Å². The van der Waals surface area contributed by atoms with Gasteiger partial charge in [0.25, 0.3) is 0 Å². The summed E-state index contributed by atoms with van der Waals surface area (Å²) in [5, 5.41) is 2.09. The molecule has 0 fully saturated rings. The molecular formula is C14H14Cl2N2S. The van der Waals surface area contributed by atoms with Crippen LogP contribution in [0.15, 0.2) is 28.7 Å². The van der Waals surface area contributed by atoms with Crippen LogP contribution in [-0.4, -0.2) is 15.9 Å². The number of aromatic nitrogens is 1. The molecule has 0 aliphatic carbocycles. The van der Waals surface area contributed by atoms with E-state index in [4.69, 9.17) is 23.2 Å². The minimum atomic E-state index is 0.0799. The van der Waals surface area contributed by atoms with Crippen molar-refractivity contribution in [2.75, 3.05) is 0 Å². The Morgan fingerprint density at radius 2 is 1.95 bits per heavy atom. The van der Waals surface area contributed by atoms with Crippen LogP contribution >= 0.6 is 35.1 Å². The normalized spacial score (nSPS) is 12.5. The van der Waals surface area contributed by atoms with Gasteiger partial charge in [-0.15, -0.1) is 0 Å². The Bertz CT molecular complexity index is 633. The molecule has 0 spiro atoms. The van der Waals surface area contributed by atoms with E-state index in [9.17, 15) is 0 Å². The van der Waals surface area contributed by atoms with Crippen LogP contribution in [0.1, 0.15) is 26.3 Å². The van der Waals surface area contributed by atoms with Gasteiger partial charge in [-0.25, -0.2) is 9.38 Å². The maximum absolute atomic E-state index is 6.15. The molecule has 1 aromatic heterocycles. The molecule has 0 saturated heterocycles. The number of halogens is 2. The van der Waals surface area contributed by atoms with E-state index in [0.717, 1.165) is 16.5 Å². The number of nitrogens with zero attached hydrogens (tertiary/aromatic N) is 2. The van der Waals surface area contributed by atoms with E-state index >= 15 is 0 Å². The summed E-state index contributed by atoms with van der Waals surface area (Å²) in [4.78, 5) is 4.34. The second-order valence-electron chi connectivity index (χ2n) is 5.14. The molecule has 0 saturated carbocycles. The number of hydrogen-bond acceptors (Lipinski definition) is 3. The van der Waals surface area contributed by atoms with Crippen molar-refractivity contribution in [1.29, 1.82) is 0 Å². The monoisotopic (exact) mass is 312 g/mol. The fraction of sp³-hybridized carbons (Fsp3) is 0.286. The molecule has 100 valence electrons. The summed E-state index contributed by atoms with van der Waals surface area (Å²) in [6, 6.07) is 7.47. The van der Waals surface area contributed by atoms with Crippen molar-refractivity contribution in [1.82, 2.24) is 4.98 Å². The van der Waals surface area contributed by atoms with Gasteiger partial charge >= 0.3 is 0 Å². The molecule has 0 atom stereocenters. The van der Waals surface area contributed by atoms with Gasteiger partial charge in [-0.05, 0) is 57.0 Å². The zero-order valence-electron chi connectivity index (χ0n) is 10.9. The van der Waals surface area contributed by atoms with Crippen molar-refractivity contribution >= 4 is 52.3 Å². The summed E-state index contributed by atoms with van der Waals surface area (Å²) < 4.78 is 4.42. The molecule has 0 N–H and O–H groups in total. The van der Waals surface area contributed by atoms with Crippen LogP contribution < -0.4 is 0 Å². The average Bonchev–Trinajstić information content (AvgIpc) is 2.29. The van der Waals surface area contributed by atoms with Crippen LogP contribution in [-0.2, 0) is 0 Å². The minimum Gasteiger partial charge on any atom is -0.235 e. The molecule has 0 aliphatic rings. The Kier molecular flexibility index (Phi) is 4.39. The fourth-order valence-electron chi connectivity index (χ4n) is 1.47. The standard InChI is InChI=1S/C14H14Cl2N2S/c1-14(2,3)19-17-8-10-6-9-7-11(15)4-5-12(9)18-13(10)16/h4-8H,1-3H3/b17-8+. The Morgan fingerprint density at radius 1 is 1.21 bits per heavy atom. The van der Waals surface area contributed by atoms with E-state index in [2.05, 4.69) is 30.2 Å². The number of hydrogen-bond donors (Lipinski definition) is 0. The number of pyridine rings is 1. The van der Waals surface area contributed by atoms with Gasteiger partial charge in [-0.3, -0.25) is 0 Å². The largest absolute Gasteiger partial charge is 0.235 e. The lowest BCUT2D eigenvalue weighted by Gasteiger charge is -2.12. The molecule has 1 aromatic carbocycles. The van der Waals surface area contributed by atoms with Crippen LogP contribution in [0.25, 0.3) is 10.9 Å². The first-order valence-electron chi connectivity index (χ1n) is 5.82. The molecule has 0 bridgehead atoms. The summed E-state index contributed by atoms with van der Waals surface area (Å²) in [6.07, 6.45) is 1.74. The van der Waals surface area contributed by atoms with E-state index in [-0.39, 0.29) is 4.75 Å². The first kappa shape index (κ1) is 14.6. The molecule has 19 heavy (non-hydrogen) atoms. The van der Waals surface area contributed by atoms with Crippen molar-refractivity contribution in [2.45, 2.75) is 25.5 Å². The van der Waals surface area contributed by atoms with E-state index in [1.807, 2.05) is 18.2 Å². The van der Waals surface area contributed by atoms with Crippen LogP contribution in [0.3, 0.4) is 0 Å². The van der Waals surface area contributed by atoms with E-state index in [0.29, 0.717) is 10.2 Å². The van der Waals surface area contributed by atoms with Crippen LogP contribution in [0.4, 0.5) is 0 Å². The highest BCUT2D eigenvalue weighted by atomic mass is 35.5. The summed E-state index contributed by atoms with van der Waals surface area (Å²) in [5.74, 6) is 0. The Hall–Kier alpha value is -0.770. The summed E-state index contributed by atoms with van der Waals surface area (Å²) >= 11 is 13.6. The van der Waals surface area contributed by atoms with Crippen molar-refractivity contribution in [2.24, 2.45) is 4.40 Å². The fourth-order valence-corrected chi connectivity index (χ4v) is 2.33. The predicted octanol–water partition coefficient (Wildman–Crippen LogP) is 5.41. The molecule has 0 radical (unpaired) electrons. The number of rotatable bonds is 2.